The monoisotopic (exact) mass is 194 g/mol. The molecule has 1 fully saturated rings. The first-order valence-corrected chi connectivity index (χ1v) is 5.83. The lowest BCUT2D eigenvalue weighted by atomic mass is 9.72. The molecule has 0 amide bonds. The molecule has 2 heteroatoms. The highest BCUT2D eigenvalue weighted by Gasteiger charge is 2.40. The Morgan fingerprint density at radius 3 is 2.71 bits per heavy atom. The first-order valence-electron chi connectivity index (χ1n) is 5.83. The smallest absolute Gasteiger partial charge is 0.109 e. The molecule has 0 spiro atoms. The molecule has 14 heavy (non-hydrogen) atoms. The number of nitrogens with zero attached hydrogens (tertiary/aromatic N) is 1. The van der Waals surface area contributed by atoms with Gasteiger partial charge in [0.15, 0.2) is 0 Å². The van der Waals surface area contributed by atoms with Gasteiger partial charge in [-0.05, 0) is 32.6 Å². The quantitative estimate of drug-likeness (QED) is 0.750. The SMILES string of the molecule is CCC1CCCCC1(C#N)NC(C)C. The lowest BCUT2D eigenvalue weighted by Gasteiger charge is -2.40. The number of hydrogen-bond acceptors (Lipinski definition) is 2. The molecule has 0 aromatic carbocycles. The van der Waals surface area contributed by atoms with Gasteiger partial charge in [0.2, 0.25) is 0 Å². The van der Waals surface area contributed by atoms with Gasteiger partial charge in [-0.3, -0.25) is 5.32 Å². The molecule has 0 aromatic heterocycles. The highest BCUT2D eigenvalue weighted by molar-refractivity contribution is 5.12. The van der Waals surface area contributed by atoms with Crippen LogP contribution in [-0.4, -0.2) is 11.6 Å². The molecule has 0 aliphatic heterocycles. The van der Waals surface area contributed by atoms with Gasteiger partial charge < -0.3 is 0 Å². The van der Waals surface area contributed by atoms with Gasteiger partial charge in [0.05, 0.1) is 6.07 Å². The van der Waals surface area contributed by atoms with E-state index in [9.17, 15) is 5.26 Å². The summed E-state index contributed by atoms with van der Waals surface area (Å²) in [6.07, 6.45) is 5.85. The predicted molar refractivity (Wildman–Crippen MR) is 58.9 cm³/mol. The maximum atomic E-state index is 9.38. The van der Waals surface area contributed by atoms with Crippen LogP contribution in [0.3, 0.4) is 0 Å². The van der Waals surface area contributed by atoms with Gasteiger partial charge >= 0.3 is 0 Å². The van der Waals surface area contributed by atoms with Crippen molar-refractivity contribution in [2.45, 2.75) is 64.5 Å². The van der Waals surface area contributed by atoms with E-state index in [1.54, 1.807) is 0 Å². The first-order chi connectivity index (χ1) is 6.64. The number of nitriles is 1. The average Bonchev–Trinajstić information content (AvgIpc) is 2.17. The van der Waals surface area contributed by atoms with Crippen molar-refractivity contribution in [3.63, 3.8) is 0 Å². The van der Waals surface area contributed by atoms with Crippen LogP contribution in [0.4, 0.5) is 0 Å². The molecule has 0 radical (unpaired) electrons. The van der Waals surface area contributed by atoms with Crippen molar-refractivity contribution in [2.24, 2.45) is 5.92 Å². The third-order valence-corrected chi connectivity index (χ3v) is 3.31. The molecule has 1 rings (SSSR count). The van der Waals surface area contributed by atoms with Gasteiger partial charge in [0, 0.05) is 6.04 Å². The number of rotatable bonds is 3. The van der Waals surface area contributed by atoms with Crippen LogP contribution in [0.2, 0.25) is 0 Å². The van der Waals surface area contributed by atoms with Crippen LogP contribution in [0.1, 0.15) is 52.9 Å². The zero-order valence-corrected chi connectivity index (χ0v) is 9.64. The molecule has 2 unspecified atom stereocenters. The normalized spacial score (nSPS) is 32.9. The van der Waals surface area contributed by atoms with Gasteiger partial charge in [-0.25, -0.2) is 0 Å². The van der Waals surface area contributed by atoms with Crippen LogP contribution in [0.5, 0.6) is 0 Å². The van der Waals surface area contributed by atoms with E-state index in [1.165, 1.54) is 19.3 Å². The largest absolute Gasteiger partial charge is 0.297 e. The zero-order valence-electron chi connectivity index (χ0n) is 9.64. The minimum absolute atomic E-state index is 0.235. The third-order valence-electron chi connectivity index (χ3n) is 3.31. The van der Waals surface area contributed by atoms with Gasteiger partial charge in [-0.15, -0.1) is 0 Å². The van der Waals surface area contributed by atoms with E-state index in [-0.39, 0.29) is 5.54 Å². The summed E-state index contributed by atoms with van der Waals surface area (Å²) in [5, 5.41) is 12.9. The van der Waals surface area contributed by atoms with Crippen molar-refractivity contribution in [1.29, 1.82) is 5.26 Å². The van der Waals surface area contributed by atoms with E-state index in [2.05, 4.69) is 32.2 Å². The number of hydrogen-bond donors (Lipinski definition) is 1. The molecule has 1 aliphatic carbocycles. The molecule has 1 aliphatic rings. The van der Waals surface area contributed by atoms with Crippen molar-refractivity contribution < 1.29 is 0 Å². The molecular formula is C12H22N2. The summed E-state index contributed by atoms with van der Waals surface area (Å²) >= 11 is 0. The van der Waals surface area contributed by atoms with Crippen molar-refractivity contribution in [3.05, 3.63) is 0 Å². The topological polar surface area (TPSA) is 35.8 Å². The summed E-state index contributed by atoms with van der Waals surface area (Å²) in [7, 11) is 0. The fraction of sp³-hybridized carbons (Fsp3) is 0.917. The van der Waals surface area contributed by atoms with Crippen LogP contribution in [0.15, 0.2) is 0 Å². The molecule has 2 atom stereocenters. The van der Waals surface area contributed by atoms with Crippen molar-refractivity contribution in [2.75, 3.05) is 0 Å². The molecule has 0 bridgehead atoms. The van der Waals surface area contributed by atoms with E-state index >= 15 is 0 Å². The Kier molecular flexibility index (Phi) is 3.95. The van der Waals surface area contributed by atoms with Gasteiger partial charge in [0.25, 0.3) is 0 Å². The average molecular weight is 194 g/mol. The summed E-state index contributed by atoms with van der Waals surface area (Å²) < 4.78 is 0. The predicted octanol–water partition coefficient (Wildman–Crippen LogP) is 2.85. The standard InChI is InChI=1S/C12H22N2/c1-4-11-7-5-6-8-12(11,9-13)14-10(2)3/h10-11,14H,4-8H2,1-3H3. The van der Waals surface area contributed by atoms with E-state index < -0.39 is 0 Å². The van der Waals surface area contributed by atoms with E-state index in [0.29, 0.717) is 12.0 Å². The molecule has 1 saturated carbocycles. The highest BCUT2D eigenvalue weighted by atomic mass is 15.0. The molecule has 1 N–H and O–H groups in total. The van der Waals surface area contributed by atoms with Gasteiger partial charge in [-0.1, -0.05) is 26.2 Å². The fourth-order valence-electron chi connectivity index (χ4n) is 2.68. The lowest BCUT2D eigenvalue weighted by Crippen LogP contribution is -2.54. The molecule has 0 heterocycles. The maximum Gasteiger partial charge on any atom is 0.109 e. The lowest BCUT2D eigenvalue weighted by molar-refractivity contribution is 0.180. The molecule has 0 aromatic rings. The van der Waals surface area contributed by atoms with Crippen LogP contribution in [0, 0.1) is 17.2 Å². The zero-order chi connectivity index (χ0) is 10.6. The Balaban J connectivity index is 2.77. The highest BCUT2D eigenvalue weighted by Crippen LogP contribution is 2.35. The summed E-state index contributed by atoms with van der Waals surface area (Å²) in [6.45, 7) is 6.45. The third kappa shape index (κ3) is 2.27. The summed E-state index contributed by atoms with van der Waals surface area (Å²) in [4.78, 5) is 0. The summed E-state index contributed by atoms with van der Waals surface area (Å²) in [5.41, 5.74) is -0.235. The molecule has 80 valence electrons. The first kappa shape index (κ1) is 11.5. The molecule has 2 nitrogen and oxygen atoms in total. The number of nitrogens with one attached hydrogen (secondary N) is 1. The Bertz CT molecular complexity index is 217. The van der Waals surface area contributed by atoms with Gasteiger partial charge in [-0.2, -0.15) is 5.26 Å². The Morgan fingerprint density at radius 2 is 2.21 bits per heavy atom. The van der Waals surface area contributed by atoms with Crippen LogP contribution >= 0.6 is 0 Å². The minimum atomic E-state index is -0.235. The minimum Gasteiger partial charge on any atom is -0.297 e. The second-order valence-corrected chi connectivity index (χ2v) is 4.73. The second kappa shape index (κ2) is 4.79. The van der Waals surface area contributed by atoms with Crippen molar-refractivity contribution in [3.8, 4) is 6.07 Å². The van der Waals surface area contributed by atoms with Crippen LogP contribution in [-0.2, 0) is 0 Å². The molecule has 0 saturated heterocycles. The Hall–Kier alpha value is -0.550. The Morgan fingerprint density at radius 1 is 1.50 bits per heavy atom. The maximum absolute atomic E-state index is 9.38. The molecular weight excluding hydrogens is 172 g/mol. The van der Waals surface area contributed by atoms with Crippen molar-refractivity contribution in [1.82, 2.24) is 5.32 Å². The fourth-order valence-corrected chi connectivity index (χ4v) is 2.68. The van der Waals surface area contributed by atoms with Crippen molar-refractivity contribution >= 4 is 0 Å². The summed E-state index contributed by atoms with van der Waals surface area (Å²) in [6, 6.07) is 2.94. The van der Waals surface area contributed by atoms with Crippen LogP contribution in [0.25, 0.3) is 0 Å². The summed E-state index contributed by atoms with van der Waals surface area (Å²) in [5.74, 6) is 0.545. The van der Waals surface area contributed by atoms with E-state index in [4.69, 9.17) is 0 Å². The van der Waals surface area contributed by atoms with E-state index in [1.807, 2.05) is 0 Å². The Labute approximate surface area is 87.7 Å². The second-order valence-electron chi connectivity index (χ2n) is 4.73. The van der Waals surface area contributed by atoms with Crippen LogP contribution < -0.4 is 5.32 Å². The van der Waals surface area contributed by atoms with Gasteiger partial charge in [0.1, 0.15) is 5.54 Å². The van der Waals surface area contributed by atoms with E-state index in [0.717, 1.165) is 12.8 Å².